The van der Waals surface area contributed by atoms with Gasteiger partial charge < -0.3 is 9.40 Å². The second kappa shape index (κ2) is 5.06. The van der Waals surface area contributed by atoms with Crippen molar-refractivity contribution in [3.05, 3.63) is 63.4 Å². The van der Waals surface area contributed by atoms with Gasteiger partial charge in [0.05, 0.1) is 5.52 Å². The number of aromatic amines is 1. The third kappa shape index (κ3) is 1.92. The Morgan fingerprint density at radius 3 is 2.54 bits per heavy atom. The number of H-pyrrole nitrogens is 1. The van der Waals surface area contributed by atoms with E-state index in [9.17, 15) is 4.79 Å². The number of hydrogen-bond acceptors (Lipinski definition) is 3. The summed E-state index contributed by atoms with van der Waals surface area (Å²) < 4.78 is 5.87. The van der Waals surface area contributed by atoms with Gasteiger partial charge in [0.2, 0.25) is 0 Å². The van der Waals surface area contributed by atoms with E-state index in [0.29, 0.717) is 5.56 Å². The lowest BCUT2D eigenvalue weighted by Gasteiger charge is -2.13. The van der Waals surface area contributed by atoms with Crippen molar-refractivity contribution in [3.63, 3.8) is 0 Å². The molecule has 0 spiro atoms. The molecule has 0 amide bonds. The molecule has 0 aliphatic heterocycles. The zero-order chi connectivity index (χ0) is 17.0. The Kier molecular flexibility index (Phi) is 3.10. The lowest BCUT2D eigenvalue weighted by atomic mass is 9.93. The van der Waals surface area contributed by atoms with Gasteiger partial charge in [-0.25, -0.2) is 0 Å². The fourth-order valence-corrected chi connectivity index (χ4v) is 3.56. The smallest absolute Gasteiger partial charge is 0.251 e. The topological polar surface area (TPSA) is 58.9 Å². The number of aryl methyl sites for hydroxylation is 3. The predicted octanol–water partition coefficient (Wildman–Crippen LogP) is 4.57. The Hall–Kier alpha value is -2.88. The van der Waals surface area contributed by atoms with Gasteiger partial charge in [0.15, 0.2) is 0 Å². The fraction of sp³-hybridized carbons (Fsp3) is 0.200. The predicted molar refractivity (Wildman–Crippen MR) is 96.5 cm³/mol. The largest absolute Gasteiger partial charge is 0.461 e. The first-order valence-corrected chi connectivity index (χ1v) is 7.95. The maximum absolute atomic E-state index is 12.4. The molecule has 0 fully saturated rings. The van der Waals surface area contributed by atoms with Crippen LogP contribution in [0.4, 0.5) is 0 Å². The second-order valence-electron chi connectivity index (χ2n) is 6.28. The third-order valence-electron chi connectivity index (χ3n) is 4.87. The molecule has 0 aliphatic rings. The zero-order valence-electron chi connectivity index (χ0n) is 14.2. The molecule has 0 saturated heterocycles. The Morgan fingerprint density at radius 1 is 1.04 bits per heavy atom. The first-order chi connectivity index (χ1) is 11.5. The van der Waals surface area contributed by atoms with Gasteiger partial charge in [-0.1, -0.05) is 6.07 Å². The van der Waals surface area contributed by atoms with Gasteiger partial charge in [-0.15, -0.1) is 0 Å². The number of aromatic nitrogens is 2. The van der Waals surface area contributed by atoms with E-state index in [1.54, 1.807) is 12.4 Å². The van der Waals surface area contributed by atoms with E-state index in [1.807, 2.05) is 32.0 Å². The third-order valence-corrected chi connectivity index (χ3v) is 4.87. The highest BCUT2D eigenvalue weighted by Gasteiger charge is 2.18. The van der Waals surface area contributed by atoms with Crippen LogP contribution in [0.3, 0.4) is 0 Å². The normalized spacial score (nSPS) is 11.5. The molecule has 0 radical (unpaired) electrons. The molecule has 1 aromatic carbocycles. The fourth-order valence-electron chi connectivity index (χ4n) is 3.56. The van der Waals surface area contributed by atoms with Crippen molar-refractivity contribution in [2.24, 2.45) is 0 Å². The molecule has 120 valence electrons. The lowest BCUT2D eigenvalue weighted by molar-refractivity contribution is 0.575. The van der Waals surface area contributed by atoms with Crippen LogP contribution in [0.5, 0.6) is 0 Å². The summed E-state index contributed by atoms with van der Waals surface area (Å²) >= 11 is 0. The van der Waals surface area contributed by atoms with E-state index >= 15 is 0 Å². The molecule has 4 rings (SSSR count). The van der Waals surface area contributed by atoms with Gasteiger partial charge >= 0.3 is 0 Å². The number of nitrogens with zero attached hydrogens (tertiary/aromatic N) is 1. The summed E-state index contributed by atoms with van der Waals surface area (Å²) in [6.07, 6.45) is 3.54. The molecular formula is C20H18N2O2. The molecule has 0 atom stereocenters. The van der Waals surface area contributed by atoms with Crippen LogP contribution >= 0.6 is 0 Å². The number of hydrogen-bond donors (Lipinski definition) is 1. The summed E-state index contributed by atoms with van der Waals surface area (Å²) in [7, 11) is 0. The van der Waals surface area contributed by atoms with Crippen molar-refractivity contribution in [2.45, 2.75) is 27.7 Å². The number of benzene rings is 1. The van der Waals surface area contributed by atoms with Crippen molar-refractivity contribution in [3.8, 4) is 11.1 Å². The van der Waals surface area contributed by atoms with Crippen molar-refractivity contribution in [2.75, 3.05) is 0 Å². The van der Waals surface area contributed by atoms with E-state index in [-0.39, 0.29) is 5.56 Å². The number of pyridine rings is 2. The highest BCUT2D eigenvalue weighted by atomic mass is 16.3. The standard InChI is InChI=1S/C20H18N2O2/c1-10-13(4)24-16-8-15-19(11(2)17(10)16)18(12(3)20(23)22-15)14-6-5-7-21-9-14/h5-9H,1-4H3,(H,22,23). The lowest BCUT2D eigenvalue weighted by Crippen LogP contribution is -2.12. The maximum Gasteiger partial charge on any atom is 0.251 e. The monoisotopic (exact) mass is 318 g/mol. The molecule has 24 heavy (non-hydrogen) atoms. The molecule has 4 heteroatoms. The van der Waals surface area contributed by atoms with E-state index in [0.717, 1.165) is 49.9 Å². The first-order valence-electron chi connectivity index (χ1n) is 7.95. The summed E-state index contributed by atoms with van der Waals surface area (Å²) in [5.41, 5.74) is 6.39. The molecule has 0 unspecified atom stereocenters. The average molecular weight is 318 g/mol. The molecule has 4 aromatic rings. The number of rotatable bonds is 1. The van der Waals surface area contributed by atoms with E-state index in [1.165, 1.54) is 0 Å². The van der Waals surface area contributed by atoms with Gasteiger partial charge in [-0.05, 0) is 44.9 Å². The summed E-state index contributed by atoms with van der Waals surface area (Å²) in [4.78, 5) is 19.7. The van der Waals surface area contributed by atoms with Gasteiger partial charge in [-0.2, -0.15) is 0 Å². The van der Waals surface area contributed by atoms with Crippen molar-refractivity contribution >= 4 is 21.9 Å². The minimum Gasteiger partial charge on any atom is -0.461 e. The molecule has 3 heterocycles. The van der Waals surface area contributed by atoms with Crippen LogP contribution in [-0.4, -0.2) is 9.97 Å². The quantitative estimate of drug-likeness (QED) is 0.559. The van der Waals surface area contributed by atoms with E-state index in [4.69, 9.17) is 4.42 Å². The Balaban J connectivity index is 2.28. The highest BCUT2D eigenvalue weighted by molar-refractivity contribution is 6.07. The Labute approximate surface area is 139 Å². The molecular weight excluding hydrogens is 300 g/mol. The zero-order valence-corrected chi connectivity index (χ0v) is 14.2. The molecule has 0 aliphatic carbocycles. The average Bonchev–Trinajstić information content (AvgIpc) is 2.85. The number of fused-ring (bicyclic) bond motifs is 2. The van der Waals surface area contributed by atoms with Crippen molar-refractivity contribution < 1.29 is 4.42 Å². The van der Waals surface area contributed by atoms with Crippen LogP contribution in [0.1, 0.15) is 22.5 Å². The van der Waals surface area contributed by atoms with Gasteiger partial charge in [-0.3, -0.25) is 9.78 Å². The first kappa shape index (κ1) is 14.7. The van der Waals surface area contributed by atoms with Crippen LogP contribution in [0, 0.1) is 27.7 Å². The summed E-state index contributed by atoms with van der Waals surface area (Å²) in [6, 6.07) is 5.81. The van der Waals surface area contributed by atoms with Gasteiger partial charge in [0.1, 0.15) is 11.3 Å². The van der Waals surface area contributed by atoms with Crippen LogP contribution in [0.15, 0.2) is 39.8 Å². The number of furan rings is 1. The molecule has 0 saturated carbocycles. The molecule has 0 bridgehead atoms. The molecule has 4 nitrogen and oxygen atoms in total. The summed E-state index contributed by atoms with van der Waals surface area (Å²) in [6.45, 7) is 7.99. The van der Waals surface area contributed by atoms with E-state index in [2.05, 4.69) is 23.8 Å². The Morgan fingerprint density at radius 2 is 1.83 bits per heavy atom. The SMILES string of the molecule is Cc1oc2cc3[nH]c(=O)c(C)c(-c4cccnc4)c3c(C)c2c1C. The van der Waals surface area contributed by atoms with Crippen LogP contribution in [-0.2, 0) is 0 Å². The highest BCUT2D eigenvalue weighted by Crippen LogP contribution is 2.37. The van der Waals surface area contributed by atoms with E-state index < -0.39 is 0 Å². The Bertz CT molecular complexity index is 1150. The molecule has 3 aromatic heterocycles. The second-order valence-corrected chi connectivity index (χ2v) is 6.28. The van der Waals surface area contributed by atoms with Crippen molar-refractivity contribution in [1.82, 2.24) is 9.97 Å². The molecule has 1 N–H and O–H groups in total. The van der Waals surface area contributed by atoms with Crippen LogP contribution in [0.25, 0.3) is 33.0 Å². The minimum absolute atomic E-state index is 0.0832. The summed E-state index contributed by atoms with van der Waals surface area (Å²) in [5.74, 6) is 0.908. The van der Waals surface area contributed by atoms with Crippen LogP contribution in [0.2, 0.25) is 0 Å². The van der Waals surface area contributed by atoms with Gasteiger partial charge in [0.25, 0.3) is 5.56 Å². The van der Waals surface area contributed by atoms with Crippen LogP contribution < -0.4 is 5.56 Å². The minimum atomic E-state index is -0.0832. The maximum atomic E-state index is 12.4. The summed E-state index contributed by atoms with van der Waals surface area (Å²) in [5, 5.41) is 2.17. The van der Waals surface area contributed by atoms with Crippen molar-refractivity contribution in [1.29, 1.82) is 0 Å². The van der Waals surface area contributed by atoms with Gasteiger partial charge in [0, 0.05) is 45.9 Å². The number of nitrogens with one attached hydrogen (secondary N) is 1.